The summed E-state index contributed by atoms with van der Waals surface area (Å²) in [4.78, 5) is 22.5. The molecule has 0 radical (unpaired) electrons. The summed E-state index contributed by atoms with van der Waals surface area (Å²) in [5, 5.41) is 0.765. The van der Waals surface area contributed by atoms with E-state index in [0.29, 0.717) is 33.3 Å². The van der Waals surface area contributed by atoms with Crippen molar-refractivity contribution >= 4 is 28.3 Å². The molecular formula is C21H21ClN4O. The van der Waals surface area contributed by atoms with Crippen LogP contribution in [0.15, 0.2) is 70.0 Å². The van der Waals surface area contributed by atoms with E-state index in [4.69, 9.17) is 22.3 Å². The van der Waals surface area contributed by atoms with E-state index >= 15 is 0 Å². The number of rotatable bonds is 4. The smallest absolute Gasteiger partial charge is 0.267 e. The van der Waals surface area contributed by atoms with Crippen LogP contribution in [-0.4, -0.2) is 15.4 Å². The van der Waals surface area contributed by atoms with Gasteiger partial charge in [0.25, 0.3) is 5.56 Å². The number of nitrogens with two attached hydrogens (primary N) is 1. The zero-order valence-electron chi connectivity index (χ0n) is 15.5. The first-order valence-electron chi connectivity index (χ1n) is 8.63. The van der Waals surface area contributed by atoms with Crippen molar-refractivity contribution in [2.75, 3.05) is 0 Å². The van der Waals surface area contributed by atoms with Gasteiger partial charge in [-0.3, -0.25) is 14.4 Å². The third kappa shape index (κ3) is 3.93. The quantitative estimate of drug-likeness (QED) is 0.537. The Bertz CT molecular complexity index is 1100. The molecule has 138 valence electrons. The fraction of sp³-hybridized carbons (Fsp3) is 0.190. The molecule has 0 aliphatic rings. The lowest BCUT2D eigenvalue weighted by Gasteiger charge is -2.17. The summed E-state index contributed by atoms with van der Waals surface area (Å²) in [5.74, 6) is 0.897. The van der Waals surface area contributed by atoms with Gasteiger partial charge in [-0.2, -0.15) is 0 Å². The predicted molar refractivity (Wildman–Crippen MR) is 112 cm³/mol. The van der Waals surface area contributed by atoms with Gasteiger partial charge in [0.15, 0.2) is 0 Å². The largest absolute Gasteiger partial charge is 0.384 e. The Morgan fingerprint density at radius 3 is 2.56 bits per heavy atom. The molecule has 1 unspecified atom stereocenters. The number of benzene rings is 2. The number of hydrogen-bond acceptors (Lipinski definition) is 3. The highest BCUT2D eigenvalue weighted by molar-refractivity contribution is 6.35. The average Bonchev–Trinajstić information content (AvgIpc) is 2.61. The molecule has 0 bridgehead atoms. The van der Waals surface area contributed by atoms with E-state index in [1.54, 1.807) is 28.8 Å². The zero-order chi connectivity index (χ0) is 19.6. The lowest BCUT2D eigenvalue weighted by molar-refractivity contribution is 0.698. The van der Waals surface area contributed by atoms with Gasteiger partial charge in [-0.15, -0.1) is 0 Å². The Morgan fingerprint density at radius 1 is 1.19 bits per heavy atom. The Kier molecular flexibility index (Phi) is 5.42. The summed E-state index contributed by atoms with van der Waals surface area (Å²) in [6.45, 7) is 5.76. The fourth-order valence-electron chi connectivity index (χ4n) is 2.93. The molecule has 5 nitrogen and oxygen atoms in total. The molecule has 0 saturated heterocycles. The summed E-state index contributed by atoms with van der Waals surface area (Å²) in [5.41, 5.74) is 8.07. The summed E-state index contributed by atoms with van der Waals surface area (Å²) in [6, 6.07) is 14.2. The molecule has 0 amide bonds. The molecule has 0 aliphatic carbocycles. The number of aromatic nitrogens is 2. The van der Waals surface area contributed by atoms with Crippen molar-refractivity contribution < 1.29 is 0 Å². The van der Waals surface area contributed by atoms with E-state index in [0.717, 1.165) is 5.57 Å². The standard InChI is InChI=1S/C21H21ClN4O/c1-13(2)12-18(23)24-14(3)20-25-17-11-7-10-16(22)19(17)21(27)26(20)15-8-5-4-6-9-15/h4-12,14H,1-3H3,(H2,23,24). The topological polar surface area (TPSA) is 73.3 Å². The summed E-state index contributed by atoms with van der Waals surface area (Å²) in [7, 11) is 0. The van der Waals surface area contributed by atoms with Gasteiger partial charge in [-0.1, -0.05) is 41.4 Å². The van der Waals surface area contributed by atoms with Gasteiger partial charge < -0.3 is 5.73 Å². The molecule has 2 aromatic carbocycles. The second-order valence-corrected chi connectivity index (χ2v) is 6.94. The van der Waals surface area contributed by atoms with Crippen LogP contribution in [0.3, 0.4) is 0 Å². The lowest BCUT2D eigenvalue weighted by atomic mass is 10.2. The van der Waals surface area contributed by atoms with Crippen molar-refractivity contribution in [3.63, 3.8) is 0 Å². The number of fused-ring (bicyclic) bond motifs is 1. The third-order valence-corrected chi connectivity index (χ3v) is 4.35. The maximum Gasteiger partial charge on any atom is 0.267 e. The predicted octanol–water partition coefficient (Wildman–Crippen LogP) is 4.42. The van der Waals surface area contributed by atoms with Gasteiger partial charge in [-0.25, -0.2) is 4.98 Å². The highest BCUT2D eigenvalue weighted by atomic mass is 35.5. The lowest BCUT2D eigenvalue weighted by Crippen LogP contribution is -2.25. The van der Waals surface area contributed by atoms with Crippen LogP contribution < -0.4 is 11.3 Å². The normalized spacial score (nSPS) is 12.8. The Balaban J connectivity index is 2.31. The molecule has 2 N–H and O–H groups in total. The molecule has 1 atom stereocenters. The first-order chi connectivity index (χ1) is 12.9. The molecule has 1 heterocycles. The minimum atomic E-state index is -0.420. The Hall–Kier alpha value is -2.92. The van der Waals surface area contributed by atoms with Crippen LogP contribution >= 0.6 is 11.6 Å². The monoisotopic (exact) mass is 380 g/mol. The van der Waals surface area contributed by atoms with Gasteiger partial charge in [-0.05, 0) is 51.1 Å². The number of halogens is 1. The summed E-state index contributed by atoms with van der Waals surface area (Å²) in [6.07, 6.45) is 1.79. The number of aliphatic imine (C=N–C) groups is 1. The molecule has 3 rings (SSSR count). The van der Waals surface area contributed by atoms with Crippen LogP contribution in [-0.2, 0) is 0 Å². The molecule has 0 saturated carbocycles. The van der Waals surface area contributed by atoms with Gasteiger partial charge in [0.05, 0.1) is 21.6 Å². The van der Waals surface area contributed by atoms with E-state index in [9.17, 15) is 4.79 Å². The Morgan fingerprint density at radius 2 is 1.89 bits per heavy atom. The number of amidine groups is 1. The highest BCUT2D eigenvalue weighted by Gasteiger charge is 2.19. The number of allylic oxidation sites excluding steroid dienone is 1. The second-order valence-electron chi connectivity index (χ2n) is 6.53. The summed E-state index contributed by atoms with van der Waals surface area (Å²) >= 11 is 6.29. The van der Waals surface area contributed by atoms with Crippen LogP contribution in [0, 0.1) is 0 Å². The molecule has 0 spiro atoms. The van der Waals surface area contributed by atoms with Crippen molar-refractivity contribution in [2.45, 2.75) is 26.8 Å². The second kappa shape index (κ2) is 7.76. The molecule has 27 heavy (non-hydrogen) atoms. The van der Waals surface area contributed by atoms with Crippen molar-refractivity contribution in [2.24, 2.45) is 10.7 Å². The first kappa shape index (κ1) is 18.9. The van der Waals surface area contributed by atoms with Crippen LogP contribution in [0.1, 0.15) is 32.6 Å². The first-order valence-corrected chi connectivity index (χ1v) is 9.01. The number of para-hydroxylation sites is 1. The van der Waals surface area contributed by atoms with Gasteiger partial charge in [0.2, 0.25) is 0 Å². The van der Waals surface area contributed by atoms with Gasteiger partial charge in [0.1, 0.15) is 17.7 Å². The molecule has 0 aliphatic heterocycles. The Labute approximate surface area is 162 Å². The van der Waals surface area contributed by atoms with E-state index in [1.807, 2.05) is 51.1 Å². The van der Waals surface area contributed by atoms with Crippen LogP contribution in [0.25, 0.3) is 16.6 Å². The van der Waals surface area contributed by atoms with E-state index in [-0.39, 0.29) is 5.56 Å². The molecular weight excluding hydrogens is 360 g/mol. The maximum absolute atomic E-state index is 13.3. The third-order valence-electron chi connectivity index (χ3n) is 4.04. The zero-order valence-corrected chi connectivity index (χ0v) is 16.2. The summed E-state index contributed by atoms with van der Waals surface area (Å²) < 4.78 is 1.55. The molecule has 3 aromatic rings. The highest BCUT2D eigenvalue weighted by Crippen LogP contribution is 2.24. The molecule has 6 heteroatoms. The van der Waals surface area contributed by atoms with Crippen molar-refractivity contribution in [1.82, 2.24) is 9.55 Å². The van der Waals surface area contributed by atoms with E-state index in [1.165, 1.54) is 0 Å². The van der Waals surface area contributed by atoms with E-state index in [2.05, 4.69) is 4.99 Å². The van der Waals surface area contributed by atoms with E-state index < -0.39 is 6.04 Å². The van der Waals surface area contributed by atoms with Crippen LogP contribution in [0.2, 0.25) is 5.02 Å². The van der Waals surface area contributed by atoms with Crippen LogP contribution in [0.4, 0.5) is 0 Å². The minimum Gasteiger partial charge on any atom is -0.384 e. The van der Waals surface area contributed by atoms with Gasteiger partial charge >= 0.3 is 0 Å². The molecule has 1 aromatic heterocycles. The average molecular weight is 381 g/mol. The minimum absolute atomic E-state index is 0.227. The van der Waals surface area contributed by atoms with Crippen molar-refractivity contribution in [3.8, 4) is 5.69 Å². The van der Waals surface area contributed by atoms with Gasteiger partial charge in [0, 0.05) is 0 Å². The van der Waals surface area contributed by atoms with Crippen LogP contribution in [0.5, 0.6) is 0 Å². The molecule has 0 fully saturated rings. The van der Waals surface area contributed by atoms with Crippen molar-refractivity contribution in [1.29, 1.82) is 0 Å². The number of nitrogens with zero attached hydrogens (tertiary/aromatic N) is 3. The number of hydrogen-bond donors (Lipinski definition) is 1. The fourth-order valence-corrected chi connectivity index (χ4v) is 3.18. The SMILES string of the molecule is CC(C)=CC(N)=NC(C)c1nc2cccc(Cl)c2c(=O)n1-c1ccccc1. The van der Waals surface area contributed by atoms with Crippen molar-refractivity contribution in [3.05, 3.63) is 81.4 Å². The maximum atomic E-state index is 13.3.